The summed E-state index contributed by atoms with van der Waals surface area (Å²) in [5.74, 6) is -0.835. The first-order chi connectivity index (χ1) is 5.57. The fourth-order valence-corrected chi connectivity index (χ4v) is 0.841. The van der Waals surface area contributed by atoms with E-state index in [0.717, 1.165) is 0 Å². The van der Waals surface area contributed by atoms with Gasteiger partial charge in [-0.3, -0.25) is 10.1 Å². The lowest BCUT2D eigenvalue weighted by atomic mass is 10.3. The van der Waals surface area contributed by atoms with Crippen LogP contribution >= 0.6 is 0 Å². The molecule has 12 heavy (non-hydrogen) atoms. The first kappa shape index (κ1) is 11.4. The normalized spacial score (nSPS) is 15.6. The zero-order chi connectivity index (χ0) is 9.56. The summed E-state index contributed by atoms with van der Waals surface area (Å²) in [4.78, 5) is 10.4. The molecule has 0 aliphatic heterocycles. The molecule has 0 radical (unpaired) electrons. The molecule has 0 aromatic heterocycles. The molecule has 0 bridgehead atoms. The highest BCUT2D eigenvalue weighted by Gasteiger charge is 2.12. The summed E-state index contributed by atoms with van der Waals surface area (Å²) >= 11 is 0. The van der Waals surface area contributed by atoms with Crippen LogP contribution in [0.1, 0.15) is 20.8 Å². The van der Waals surface area contributed by atoms with Gasteiger partial charge in [-0.05, 0) is 20.8 Å². The maximum atomic E-state index is 10.4. The average Bonchev–Trinajstić information content (AvgIpc) is 2.00. The van der Waals surface area contributed by atoms with E-state index < -0.39 is 12.0 Å². The number of carboxylic acids is 1. The second-order valence-electron chi connectivity index (χ2n) is 2.79. The van der Waals surface area contributed by atoms with Crippen molar-refractivity contribution >= 4 is 5.97 Å². The maximum absolute atomic E-state index is 10.4. The second kappa shape index (κ2) is 5.97. The van der Waals surface area contributed by atoms with Crippen molar-refractivity contribution in [3.8, 4) is 0 Å². The molecule has 0 heterocycles. The van der Waals surface area contributed by atoms with Crippen LogP contribution in [0, 0.1) is 0 Å². The van der Waals surface area contributed by atoms with Gasteiger partial charge in [0.15, 0.2) is 0 Å². The number of aliphatic carboxylic acids is 1. The van der Waals surface area contributed by atoms with Gasteiger partial charge < -0.3 is 9.84 Å². The van der Waals surface area contributed by atoms with Crippen molar-refractivity contribution in [2.24, 2.45) is 0 Å². The van der Waals surface area contributed by atoms with Crippen molar-refractivity contribution in [2.45, 2.75) is 32.9 Å². The van der Waals surface area contributed by atoms with Crippen LogP contribution in [0.5, 0.6) is 0 Å². The molecule has 4 nitrogen and oxygen atoms in total. The van der Waals surface area contributed by atoms with Gasteiger partial charge in [0.2, 0.25) is 0 Å². The maximum Gasteiger partial charge on any atom is 0.320 e. The summed E-state index contributed by atoms with van der Waals surface area (Å²) in [5, 5.41) is 11.4. The summed E-state index contributed by atoms with van der Waals surface area (Å²) < 4.78 is 5.12. The van der Waals surface area contributed by atoms with E-state index in [1.807, 2.05) is 13.8 Å². The van der Waals surface area contributed by atoms with E-state index in [-0.39, 0.29) is 6.04 Å². The molecule has 2 unspecified atom stereocenters. The molecule has 2 N–H and O–H groups in total. The van der Waals surface area contributed by atoms with Crippen molar-refractivity contribution in [3.63, 3.8) is 0 Å². The van der Waals surface area contributed by atoms with E-state index in [1.165, 1.54) is 0 Å². The number of rotatable bonds is 6. The lowest BCUT2D eigenvalue weighted by Crippen LogP contribution is -2.42. The molecule has 0 saturated heterocycles. The fourth-order valence-electron chi connectivity index (χ4n) is 0.841. The Morgan fingerprint density at radius 1 is 1.58 bits per heavy atom. The molecular formula is C8H17NO3. The molecule has 0 amide bonds. The van der Waals surface area contributed by atoms with Crippen molar-refractivity contribution < 1.29 is 14.6 Å². The standard InChI is InChI=1S/C8H17NO3/c1-4-12-5-6(2)9-7(3)8(10)11/h6-7,9H,4-5H2,1-3H3,(H,10,11). The zero-order valence-electron chi connectivity index (χ0n) is 7.83. The molecule has 0 fully saturated rings. The summed E-state index contributed by atoms with van der Waals surface area (Å²) in [6.45, 7) is 6.63. The lowest BCUT2D eigenvalue weighted by Gasteiger charge is -2.16. The van der Waals surface area contributed by atoms with Gasteiger partial charge in [-0.1, -0.05) is 0 Å². The summed E-state index contributed by atoms with van der Waals surface area (Å²) in [6.07, 6.45) is 0. The number of hydrogen-bond acceptors (Lipinski definition) is 3. The monoisotopic (exact) mass is 175 g/mol. The van der Waals surface area contributed by atoms with E-state index in [1.54, 1.807) is 6.92 Å². The smallest absolute Gasteiger partial charge is 0.320 e. The minimum atomic E-state index is -0.835. The third-order valence-corrected chi connectivity index (χ3v) is 1.48. The predicted molar refractivity (Wildman–Crippen MR) is 46.2 cm³/mol. The van der Waals surface area contributed by atoms with E-state index >= 15 is 0 Å². The third kappa shape index (κ3) is 5.09. The van der Waals surface area contributed by atoms with Crippen LogP contribution in [0.2, 0.25) is 0 Å². The van der Waals surface area contributed by atoms with Crippen molar-refractivity contribution in [2.75, 3.05) is 13.2 Å². The highest BCUT2D eigenvalue weighted by molar-refractivity contribution is 5.72. The van der Waals surface area contributed by atoms with Gasteiger partial charge in [-0.15, -0.1) is 0 Å². The van der Waals surface area contributed by atoms with Crippen LogP contribution in [-0.2, 0) is 9.53 Å². The number of carbonyl (C=O) groups is 1. The van der Waals surface area contributed by atoms with Gasteiger partial charge in [0.05, 0.1) is 6.61 Å². The minimum Gasteiger partial charge on any atom is -0.480 e. The number of ether oxygens (including phenoxy) is 1. The Morgan fingerprint density at radius 2 is 2.17 bits per heavy atom. The molecule has 0 aromatic rings. The fraction of sp³-hybridized carbons (Fsp3) is 0.875. The van der Waals surface area contributed by atoms with Crippen molar-refractivity contribution in [1.29, 1.82) is 0 Å². The Kier molecular flexibility index (Phi) is 5.66. The first-order valence-corrected chi connectivity index (χ1v) is 4.14. The number of nitrogens with one attached hydrogen (secondary N) is 1. The number of hydrogen-bond donors (Lipinski definition) is 2. The molecule has 0 rings (SSSR count). The van der Waals surface area contributed by atoms with Gasteiger partial charge in [0.1, 0.15) is 6.04 Å². The minimum absolute atomic E-state index is 0.0797. The Morgan fingerprint density at radius 3 is 2.58 bits per heavy atom. The molecule has 0 aliphatic rings. The topological polar surface area (TPSA) is 58.6 Å². The number of carboxylic acid groups (broad SMARTS) is 1. The highest BCUT2D eigenvalue weighted by atomic mass is 16.5. The average molecular weight is 175 g/mol. The summed E-state index contributed by atoms with van der Waals surface area (Å²) in [6, 6.07) is -0.434. The van der Waals surface area contributed by atoms with Crippen LogP contribution in [0.15, 0.2) is 0 Å². The third-order valence-electron chi connectivity index (χ3n) is 1.48. The van der Waals surface area contributed by atoms with Crippen LogP contribution < -0.4 is 5.32 Å². The van der Waals surface area contributed by atoms with Gasteiger partial charge in [0, 0.05) is 12.6 Å². The van der Waals surface area contributed by atoms with Gasteiger partial charge in [-0.25, -0.2) is 0 Å². The van der Waals surface area contributed by atoms with E-state index in [4.69, 9.17) is 9.84 Å². The summed E-state index contributed by atoms with van der Waals surface area (Å²) in [7, 11) is 0. The molecular weight excluding hydrogens is 158 g/mol. The highest BCUT2D eigenvalue weighted by Crippen LogP contribution is 1.88. The molecule has 0 aliphatic carbocycles. The SMILES string of the molecule is CCOCC(C)NC(C)C(=O)O. The molecule has 0 spiro atoms. The van der Waals surface area contributed by atoms with E-state index in [0.29, 0.717) is 13.2 Å². The molecule has 72 valence electrons. The molecule has 2 atom stereocenters. The van der Waals surface area contributed by atoms with Gasteiger partial charge in [-0.2, -0.15) is 0 Å². The van der Waals surface area contributed by atoms with Gasteiger partial charge >= 0.3 is 5.97 Å². The van der Waals surface area contributed by atoms with E-state index in [2.05, 4.69) is 5.32 Å². The van der Waals surface area contributed by atoms with Crippen LogP contribution in [0.25, 0.3) is 0 Å². The largest absolute Gasteiger partial charge is 0.480 e. The van der Waals surface area contributed by atoms with Crippen LogP contribution in [0.3, 0.4) is 0 Å². The lowest BCUT2D eigenvalue weighted by molar-refractivity contribution is -0.139. The van der Waals surface area contributed by atoms with Crippen molar-refractivity contribution in [3.05, 3.63) is 0 Å². The molecule has 4 heteroatoms. The van der Waals surface area contributed by atoms with Gasteiger partial charge in [0.25, 0.3) is 0 Å². The second-order valence-corrected chi connectivity index (χ2v) is 2.79. The Hall–Kier alpha value is -0.610. The Labute approximate surface area is 72.9 Å². The Balaban J connectivity index is 3.53. The zero-order valence-corrected chi connectivity index (χ0v) is 7.83. The molecule has 0 aromatic carbocycles. The first-order valence-electron chi connectivity index (χ1n) is 4.14. The predicted octanol–water partition coefficient (Wildman–Crippen LogP) is 0.474. The van der Waals surface area contributed by atoms with Crippen LogP contribution in [0.4, 0.5) is 0 Å². The molecule has 0 saturated carbocycles. The van der Waals surface area contributed by atoms with E-state index in [9.17, 15) is 4.79 Å². The van der Waals surface area contributed by atoms with Crippen LogP contribution in [-0.4, -0.2) is 36.4 Å². The quantitative estimate of drug-likeness (QED) is 0.616. The van der Waals surface area contributed by atoms with Crippen molar-refractivity contribution in [1.82, 2.24) is 5.32 Å². The Bertz CT molecular complexity index is 138. The summed E-state index contributed by atoms with van der Waals surface area (Å²) in [5.41, 5.74) is 0.